The van der Waals surface area contributed by atoms with E-state index in [4.69, 9.17) is 4.74 Å². The Morgan fingerprint density at radius 1 is 1.35 bits per heavy atom. The summed E-state index contributed by atoms with van der Waals surface area (Å²) in [7, 11) is 0. The highest BCUT2D eigenvalue weighted by atomic mass is 35.5. The van der Waals surface area contributed by atoms with E-state index in [0.717, 1.165) is 6.54 Å². The van der Waals surface area contributed by atoms with Crippen LogP contribution in [0.25, 0.3) is 0 Å². The third-order valence-corrected chi connectivity index (χ3v) is 3.32. The summed E-state index contributed by atoms with van der Waals surface area (Å²) >= 11 is 0. The minimum atomic E-state index is -0.614. The second-order valence-corrected chi connectivity index (χ2v) is 4.74. The van der Waals surface area contributed by atoms with Gasteiger partial charge in [-0.25, -0.2) is 0 Å². The third-order valence-electron chi connectivity index (χ3n) is 3.32. The predicted octanol–water partition coefficient (Wildman–Crippen LogP) is 2.06. The zero-order chi connectivity index (χ0) is 13.7. The summed E-state index contributed by atoms with van der Waals surface area (Å²) in [4.78, 5) is 25.7. The average molecular weight is 298 g/mol. The van der Waals surface area contributed by atoms with Crippen molar-refractivity contribution in [2.75, 3.05) is 19.7 Å². The van der Waals surface area contributed by atoms with Crippen molar-refractivity contribution in [3.63, 3.8) is 0 Å². The van der Waals surface area contributed by atoms with Crippen LogP contribution in [-0.2, 0) is 20.9 Å². The van der Waals surface area contributed by atoms with Crippen LogP contribution in [0.5, 0.6) is 0 Å². The van der Waals surface area contributed by atoms with Gasteiger partial charge in [0.05, 0.1) is 6.61 Å². The summed E-state index contributed by atoms with van der Waals surface area (Å²) in [5.41, 5.74) is 1.19. The van der Waals surface area contributed by atoms with E-state index in [9.17, 15) is 9.59 Å². The van der Waals surface area contributed by atoms with Gasteiger partial charge in [0.1, 0.15) is 11.7 Å². The molecule has 0 N–H and O–H groups in total. The zero-order valence-corrected chi connectivity index (χ0v) is 12.4. The Labute approximate surface area is 125 Å². The fourth-order valence-electron chi connectivity index (χ4n) is 2.33. The lowest BCUT2D eigenvalue weighted by molar-refractivity contribution is -0.154. The summed E-state index contributed by atoms with van der Waals surface area (Å²) in [6, 6.07) is 10.1. The molecule has 4 nitrogen and oxygen atoms in total. The topological polar surface area (TPSA) is 46.6 Å². The molecule has 0 aromatic heterocycles. The fourth-order valence-corrected chi connectivity index (χ4v) is 2.33. The molecular formula is C15H20ClNO3. The molecule has 2 rings (SSSR count). The molecule has 1 aliphatic heterocycles. The van der Waals surface area contributed by atoms with Gasteiger partial charge in [0.15, 0.2) is 0 Å². The van der Waals surface area contributed by atoms with E-state index in [0.29, 0.717) is 26.1 Å². The molecule has 1 atom stereocenters. The molecule has 0 saturated carbocycles. The first-order valence-electron chi connectivity index (χ1n) is 6.66. The Bertz CT molecular complexity index is 450. The van der Waals surface area contributed by atoms with Gasteiger partial charge in [0.25, 0.3) is 0 Å². The van der Waals surface area contributed by atoms with Gasteiger partial charge >= 0.3 is 5.97 Å². The number of nitrogens with zero attached hydrogens (tertiary/aromatic N) is 1. The first-order chi connectivity index (χ1) is 9.20. The number of hydrogen-bond donors (Lipinski definition) is 0. The van der Waals surface area contributed by atoms with Crippen LogP contribution in [0.15, 0.2) is 30.3 Å². The number of likely N-dealkylation sites (tertiary alicyclic amines) is 1. The Balaban J connectivity index is 0.00000200. The monoisotopic (exact) mass is 297 g/mol. The molecule has 1 heterocycles. The van der Waals surface area contributed by atoms with Crippen molar-refractivity contribution in [3.05, 3.63) is 35.9 Å². The number of Topliss-reactive ketones (excluding diaryl/α,β-unsaturated/α-hetero) is 1. The molecule has 0 bridgehead atoms. The van der Waals surface area contributed by atoms with Crippen LogP contribution in [0.4, 0.5) is 0 Å². The Morgan fingerprint density at radius 3 is 2.70 bits per heavy atom. The maximum atomic E-state index is 11.8. The lowest BCUT2D eigenvalue weighted by Gasteiger charge is -2.30. The molecule has 1 fully saturated rings. The van der Waals surface area contributed by atoms with Crippen molar-refractivity contribution < 1.29 is 14.3 Å². The summed E-state index contributed by atoms with van der Waals surface area (Å²) in [5.74, 6) is -0.995. The molecule has 0 amide bonds. The van der Waals surface area contributed by atoms with Crippen LogP contribution in [0.1, 0.15) is 18.9 Å². The first kappa shape index (κ1) is 16.7. The second-order valence-electron chi connectivity index (χ2n) is 4.74. The van der Waals surface area contributed by atoms with Gasteiger partial charge in [0, 0.05) is 26.1 Å². The SMILES string of the molecule is CCOC(=O)[C@@H]1CN(Cc2ccccc2)CCC1=O.Cl. The number of halogens is 1. The highest BCUT2D eigenvalue weighted by Gasteiger charge is 2.33. The summed E-state index contributed by atoms with van der Waals surface area (Å²) in [6.45, 7) is 4.02. The van der Waals surface area contributed by atoms with Crippen LogP contribution < -0.4 is 0 Å². The predicted molar refractivity (Wildman–Crippen MR) is 78.7 cm³/mol. The molecule has 1 aromatic rings. The minimum absolute atomic E-state index is 0. The van der Waals surface area contributed by atoms with Crippen LogP contribution in [-0.4, -0.2) is 36.3 Å². The number of hydrogen-bond acceptors (Lipinski definition) is 4. The van der Waals surface area contributed by atoms with Crippen LogP contribution in [0, 0.1) is 5.92 Å². The summed E-state index contributed by atoms with van der Waals surface area (Å²) in [5, 5.41) is 0. The number of benzene rings is 1. The zero-order valence-electron chi connectivity index (χ0n) is 11.6. The number of carbonyl (C=O) groups is 2. The highest BCUT2D eigenvalue weighted by molar-refractivity contribution is 5.99. The molecule has 20 heavy (non-hydrogen) atoms. The van der Waals surface area contributed by atoms with Crippen molar-refractivity contribution >= 4 is 24.2 Å². The number of esters is 1. The molecule has 110 valence electrons. The largest absolute Gasteiger partial charge is 0.465 e. The van der Waals surface area contributed by atoms with E-state index >= 15 is 0 Å². The molecule has 1 saturated heterocycles. The van der Waals surface area contributed by atoms with Crippen LogP contribution in [0.2, 0.25) is 0 Å². The highest BCUT2D eigenvalue weighted by Crippen LogP contribution is 2.17. The molecule has 1 aliphatic rings. The van der Waals surface area contributed by atoms with Crippen molar-refractivity contribution in [2.45, 2.75) is 19.9 Å². The quantitative estimate of drug-likeness (QED) is 0.630. The number of rotatable bonds is 4. The van der Waals surface area contributed by atoms with Gasteiger partial charge in [-0.15, -0.1) is 12.4 Å². The molecule has 0 radical (unpaired) electrons. The van der Waals surface area contributed by atoms with Gasteiger partial charge < -0.3 is 4.74 Å². The van der Waals surface area contributed by atoms with E-state index in [-0.39, 0.29) is 24.2 Å². The van der Waals surface area contributed by atoms with Gasteiger partial charge in [-0.05, 0) is 12.5 Å². The van der Waals surface area contributed by atoms with Crippen molar-refractivity contribution in [1.29, 1.82) is 0 Å². The molecule has 0 spiro atoms. The fraction of sp³-hybridized carbons (Fsp3) is 0.467. The maximum Gasteiger partial charge on any atom is 0.317 e. The van der Waals surface area contributed by atoms with Gasteiger partial charge in [-0.1, -0.05) is 30.3 Å². The summed E-state index contributed by atoms with van der Waals surface area (Å²) in [6.07, 6.45) is 0.427. The van der Waals surface area contributed by atoms with E-state index in [1.807, 2.05) is 18.2 Å². The number of ketones is 1. The molecule has 1 aromatic carbocycles. The van der Waals surface area contributed by atoms with Crippen LogP contribution in [0.3, 0.4) is 0 Å². The van der Waals surface area contributed by atoms with E-state index < -0.39 is 5.92 Å². The average Bonchev–Trinajstić information content (AvgIpc) is 2.42. The normalized spacial score (nSPS) is 19.2. The third kappa shape index (κ3) is 4.32. The van der Waals surface area contributed by atoms with Crippen molar-refractivity contribution in [1.82, 2.24) is 4.90 Å². The standard InChI is InChI=1S/C15H19NO3.ClH/c1-2-19-15(18)13-11-16(9-8-14(13)17)10-12-6-4-3-5-7-12;/h3-7,13H,2,8-11H2,1H3;1H/t13-;/m1./s1. The maximum absolute atomic E-state index is 11.8. The van der Waals surface area contributed by atoms with Crippen molar-refractivity contribution in [3.8, 4) is 0 Å². The Morgan fingerprint density at radius 2 is 2.05 bits per heavy atom. The second kappa shape index (κ2) is 8.02. The molecular weight excluding hydrogens is 278 g/mol. The van der Waals surface area contributed by atoms with Gasteiger partial charge in [0.2, 0.25) is 0 Å². The van der Waals surface area contributed by atoms with E-state index in [2.05, 4.69) is 17.0 Å². The Kier molecular flexibility index (Phi) is 6.68. The number of ether oxygens (including phenoxy) is 1. The Hall–Kier alpha value is -1.39. The van der Waals surface area contributed by atoms with Gasteiger partial charge in [-0.2, -0.15) is 0 Å². The number of carbonyl (C=O) groups excluding carboxylic acids is 2. The molecule has 5 heteroatoms. The van der Waals surface area contributed by atoms with Gasteiger partial charge in [-0.3, -0.25) is 14.5 Å². The molecule has 0 unspecified atom stereocenters. The smallest absolute Gasteiger partial charge is 0.317 e. The van der Waals surface area contributed by atoms with E-state index in [1.54, 1.807) is 6.92 Å². The van der Waals surface area contributed by atoms with Crippen molar-refractivity contribution in [2.24, 2.45) is 5.92 Å². The summed E-state index contributed by atoms with van der Waals surface area (Å²) < 4.78 is 4.96. The molecule has 0 aliphatic carbocycles. The lowest BCUT2D eigenvalue weighted by atomic mass is 9.96. The lowest BCUT2D eigenvalue weighted by Crippen LogP contribution is -2.44. The van der Waals surface area contributed by atoms with Crippen LogP contribution >= 0.6 is 12.4 Å². The first-order valence-corrected chi connectivity index (χ1v) is 6.66. The number of piperidine rings is 1. The van der Waals surface area contributed by atoms with E-state index in [1.165, 1.54) is 5.56 Å². The minimum Gasteiger partial charge on any atom is -0.465 e.